The number of hydrogen-bond donors (Lipinski definition) is 1. The number of piperidine rings is 2. The van der Waals surface area contributed by atoms with Crippen molar-refractivity contribution in [3.05, 3.63) is 131 Å². The fraction of sp³-hybridized carbons (Fsp3) is 0.400. The number of aromatic nitrogens is 2. The standard InChI is InChI=1S/C23H25F3N4O3S.C22H28FN3O3S/c1-2-29-12-10-19(11-13-29)34(31,32)30(18-6-4-3-5-7-18)15-17-9-8-16(14-20(17)24)22-27-28-23(33-22)21(25)26;1-2-25-12-10-20(11-13-25)30(28,29)26(19-6-4-3-5-7-19)16-18-9-8-17(14-21(18)23)22(27)15-24/h3-9,14,19,21H,2,10-13,15H2,1H3;3-9,14,20H,2,10-13,15-16,24H2,1H3. The Morgan fingerprint density at radius 1 is 0.703 bits per heavy atom. The molecule has 1 aromatic heterocycles. The molecule has 0 radical (unpaired) electrons. The summed E-state index contributed by atoms with van der Waals surface area (Å²) in [5.41, 5.74) is 6.94. The summed E-state index contributed by atoms with van der Waals surface area (Å²) in [6.45, 7) is 8.16. The first-order valence-electron chi connectivity index (χ1n) is 21.2. The average Bonchev–Trinajstić information content (AvgIpc) is 3.82. The van der Waals surface area contributed by atoms with Crippen LogP contribution in [0.25, 0.3) is 11.5 Å². The van der Waals surface area contributed by atoms with Gasteiger partial charge in [-0.05, 0) is 107 Å². The van der Waals surface area contributed by atoms with Crippen LogP contribution < -0.4 is 14.3 Å². The average molecular weight is 928 g/mol. The predicted octanol–water partition coefficient (Wildman–Crippen LogP) is 7.42. The van der Waals surface area contributed by atoms with Crippen LogP contribution >= 0.6 is 0 Å². The number of benzene rings is 4. The summed E-state index contributed by atoms with van der Waals surface area (Å²) in [5.74, 6) is -2.78. The van der Waals surface area contributed by atoms with E-state index >= 15 is 4.39 Å². The minimum atomic E-state index is -3.78. The van der Waals surface area contributed by atoms with Crippen LogP contribution in [0, 0.1) is 11.6 Å². The Labute approximate surface area is 372 Å². The molecule has 0 atom stereocenters. The lowest BCUT2D eigenvalue weighted by atomic mass is 10.1. The molecule has 0 amide bonds. The molecule has 2 saturated heterocycles. The van der Waals surface area contributed by atoms with Crippen molar-refractivity contribution in [3.63, 3.8) is 0 Å². The van der Waals surface area contributed by atoms with Crippen LogP contribution in [-0.4, -0.2) is 98.9 Å². The van der Waals surface area contributed by atoms with E-state index in [2.05, 4.69) is 26.9 Å². The van der Waals surface area contributed by atoms with Crippen molar-refractivity contribution < 1.29 is 43.6 Å². The van der Waals surface area contributed by atoms with Crippen molar-refractivity contribution in [3.8, 4) is 11.5 Å². The number of alkyl halides is 2. The Kier molecular flexibility index (Phi) is 16.3. The van der Waals surface area contributed by atoms with Crippen molar-refractivity contribution >= 4 is 37.2 Å². The molecule has 5 aromatic rings. The van der Waals surface area contributed by atoms with Gasteiger partial charge in [-0.1, -0.05) is 68.4 Å². The minimum Gasteiger partial charge on any atom is -0.415 e. The molecule has 13 nitrogen and oxygen atoms in total. The Morgan fingerprint density at radius 3 is 1.55 bits per heavy atom. The number of nitrogens with zero attached hydrogens (tertiary/aromatic N) is 6. The van der Waals surface area contributed by atoms with Crippen molar-refractivity contribution in [2.45, 2.75) is 69.5 Å². The highest BCUT2D eigenvalue weighted by Gasteiger charge is 2.37. The molecule has 0 bridgehead atoms. The highest BCUT2D eigenvalue weighted by molar-refractivity contribution is 7.93. The van der Waals surface area contributed by atoms with Gasteiger partial charge in [-0.3, -0.25) is 13.4 Å². The van der Waals surface area contributed by atoms with E-state index in [1.807, 2.05) is 13.0 Å². The van der Waals surface area contributed by atoms with Gasteiger partial charge in [0.1, 0.15) is 11.6 Å². The molecule has 2 fully saturated rings. The molecule has 7 rings (SSSR count). The van der Waals surface area contributed by atoms with Gasteiger partial charge in [0.05, 0.1) is 41.5 Å². The molecule has 4 aromatic carbocycles. The Morgan fingerprint density at radius 2 is 1.16 bits per heavy atom. The number of para-hydroxylation sites is 2. The van der Waals surface area contributed by atoms with Crippen LogP contribution in [-0.2, 0) is 33.1 Å². The van der Waals surface area contributed by atoms with Crippen molar-refractivity contribution in [1.82, 2.24) is 20.0 Å². The van der Waals surface area contributed by atoms with E-state index in [1.54, 1.807) is 54.6 Å². The molecule has 0 spiro atoms. The third kappa shape index (κ3) is 11.5. The van der Waals surface area contributed by atoms with Crippen molar-refractivity contribution in [1.29, 1.82) is 0 Å². The zero-order valence-electron chi connectivity index (χ0n) is 35.7. The monoisotopic (exact) mass is 927 g/mol. The highest BCUT2D eigenvalue weighted by Crippen LogP contribution is 2.32. The van der Waals surface area contributed by atoms with E-state index in [4.69, 9.17) is 10.2 Å². The number of ketones is 1. The number of halogens is 4. The predicted molar refractivity (Wildman–Crippen MR) is 238 cm³/mol. The zero-order valence-corrected chi connectivity index (χ0v) is 37.3. The summed E-state index contributed by atoms with van der Waals surface area (Å²) in [6, 6.07) is 25.3. The Bertz CT molecular complexity index is 2540. The van der Waals surface area contributed by atoms with E-state index < -0.39 is 54.5 Å². The third-order valence-corrected chi connectivity index (χ3v) is 16.2. The first kappa shape index (κ1) is 48.3. The van der Waals surface area contributed by atoms with E-state index in [0.717, 1.165) is 38.3 Å². The van der Waals surface area contributed by atoms with Gasteiger partial charge in [0.15, 0.2) is 5.78 Å². The number of carbonyl (C=O) groups is 1. The van der Waals surface area contributed by atoms with Gasteiger partial charge in [0, 0.05) is 22.3 Å². The highest BCUT2D eigenvalue weighted by atomic mass is 32.2. The van der Waals surface area contributed by atoms with Crippen molar-refractivity contribution in [2.75, 3.05) is 54.4 Å². The molecular formula is C45H53F4N7O6S2. The number of carbonyl (C=O) groups excluding carboxylic acids is 1. The molecule has 2 aliphatic rings. The summed E-state index contributed by atoms with van der Waals surface area (Å²) < 4.78 is 117. The lowest BCUT2D eigenvalue weighted by Gasteiger charge is -2.35. The molecule has 0 aliphatic carbocycles. The van der Waals surface area contributed by atoms with Gasteiger partial charge < -0.3 is 20.0 Å². The second-order valence-corrected chi connectivity index (χ2v) is 19.8. The largest absolute Gasteiger partial charge is 0.415 e. The maximum atomic E-state index is 15.0. The fourth-order valence-corrected chi connectivity index (χ4v) is 11.6. The second-order valence-electron chi connectivity index (χ2n) is 15.5. The Hall–Kier alpha value is -5.21. The van der Waals surface area contributed by atoms with Crippen molar-refractivity contribution in [2.24, 2.45) is 5.73 Å². The first-order valence-corrected chi connectivity index (χ1v) is 24.2. The SMILES string of the molecule is CCN1CCC(S(=O)(=O)N(Cc2ccc(-c3nnc(C(F)F)o3)cc2F)c2ccccc2)CC1.CCN1CCC(S(=O)(=O)N(Cc2ccc(C(=O)CN)cc2F)c2ccccc2)CC1. The first-order chi connectivity index (χ1) is 30.7. The number of rotatable bonds is 16. The second kappa shape index (κ2) is 21.6. The van der Waals surface area contributed by atoms with Crippen LogP contribution in [0.5, 0.6) is 0 Å². The van der Waals surface area contributed by atoms with Gasteiger partial charge in [0.25, 0.3) is 5.89 Å². The van der Waals surface area contributed by atoms with Gasteiger partial charge in [-0.2, -0.15) is 8.78 Å². The van der Waals surface area contributed by atoms with Gasteiger partial charge >= 0.3 is 6.43 Å². The summed E-state index contributed by atoms with van der Waals surface area (Å²) in [5, 5.41) is 5.70. The summed E-state index contributed by atoms with van der Waals surface area (Å²) in [7, 11) is -7.48. The number of sulfonamides is 2. The molecular weight excluding hydrogens is 875 g/mol. The van der Waals surface area contributed by atoms with Crippen LogP contribution in [0.15, 0.2) is 101 Å². The quantitative estimate of drug-likeness (QED) is 0.0774. The fourth-order valence-electron chi connectivity index (χ4n) is 7.78. The van der Waals surface area contributed by atoms with E-state index in [-0.39, 0.29) is 53.6 Å². The van der Waals surface area contributed by atoms with E-state index in [0.29, 0.717) is 50.1 Å². The number of likely N-dealkylation sites (tertiary alicyclic amines) is 2. The van der Waals surface area contributed by atoms with Crippen LogP contribution in [0.1, 0.15) is 73.3 Å². The number of hydrogen-bond acceptors (Lipinski definition) is 11. The zero-order chi connectivity index (χ0) is 46.0. The van der Waals surface area contributed by atoms with Crippen LogP contribution in [0.3, 0.4) is 0 Å². The van der Waals surface area contributed by atoms with E-state index in [1.165, 1.54) is 32.9 Å². The number of anilines is 2. The molecule has 19 heteroatoms. The lowest BCUT2D eigenvalue weighted by Crippen LogP contribution is -2.45. The molecule has 2 N–H and O–H groups in total. The van der Waals surface area contributed by atoms with Crippen LogP contribution in [0.4, 0.5) is 28.9 Å². The third-order valence-electron chi connectivity index (χ3n) is 11.6. The molecule has 64 heavy (non-hydrogen) atoms. The lowest BCUT2D eigenvalue weighted by molar-refractivity contribution is 0.100. The molecule has 344 valence electrons. The summed E-state index contributed by atoms with van der Waals surface area (Å²) in [4.78, 5) is 16.2. The molecule has 0 saturated carbocycles. The maximum Gasteiger partial charge on any atom is 0.314 e. The van der Waals surface area contributed by atoms with Gasteiger partial charge in [0.2, 0.25) is 25.9 Å². The molecule has 0 unspecified atom stereocenters. The summed E-state index contributed by atoms with van der Waals surface area (Å²) >= 11 is 0. The summed E-state index contributed by atoms with van der Waals surface area (Å²) in [6.07, 6.45) is -0.827. The maximum absolute atomic E-state index is 15.0. The molecule has 2 aliphatic heterocycles. The Balaban J connectivity index is 0.000000214. The van der Waals surface area contributed by atoms with E-state index in [9.17, 15) is 34.8 Å². The number of Topliss-reactive ketones (excluding diaryl/α,β-unsaturated/α-hetero) is 1. The van der Waals surface area contributed by atoms with Crippen LogP contribution in [0.2, 0.25) is 0 Å². The topological polar surface area (TPSA) is 163 Å². The van der Waals surface area contributed by atoms with Gasteiger partial charge in [-0.15, -0.1) is 10.2 Å². The minimum absolute atomic E-state index is 0.127. The smallest absolute Gasteiger partial charge is 0.314 e. The van der Waals surface area contributed by atoms with Gasteiger partial charge in [-0.25, -0.2) is 25.6 Å². The normalized spacial score (nSPS) is 15.8. The molecule has 3 heterocycles. The number of nitrogens with two attached hydrogens (primary N) is 1.